The molecule has 0 spiro atoms. The summed E-state index contributed by atoms with van der Waals surface area (Å²) in [5.74, 6) is 0.139. The third-order valence-electron chi connectivity index (χ3n) is 6.77. The van der Waals surface area contributed by atoms with Gasteiger partial charge in [0, 0.05) is 50.5 Å². The molecule has 33 heavy (non-hydrogen) atoms. The Morgan fingerprint density at radius 3 is 2.48 bits per heavy atom. The first-order chi connectivity index (χ1) is 15.9. The van der Waals surface area contributed by atoms with E-state index in [-0.39, 0.29) is 30.0 Å². The molecule has 0 aliphatic carbocycles. The highest BCUT2D eigenvalue weighted by Gasteiger charge is 2.33. The quantitative estimate of drug-likeness (QED) is 0.658. The van der Waals surface area contributed by atoms with Crippen LogP contribution < -0.4 is 15.5 Å². The molecule has 4 rings (SSSR count). The van der Waals surface area contributed by atoms with E-state index in [1.165, 1.54) is 0 Å². The SMILES string of the molecule is CCN1CC(C(=O)NCc2ccc(Nc3ccc(N4CCC(C)CC4)cc3F)cc2)CC1=O. The fourth-order valence-corrected chi connectivity index (χ4v) is 4.52. The van der Waals surface area contributed by atoms with Crippen molar-refractivity contribution in [2.75, 3.05) is 36.4 Å². The number of anilines is 3. The summed E-state index contributed by atoms with van der Waals surface area (Å²) < 4.78 is 14.7. The molecule has 0 radical (unpaired) electrons. The zero-order valence-corrected chi connectivity index (χ0v) is 19.4. The van der Waals surface area contributed by atoms with Crippen LogP contribution in [-0.2, 0) is 16.1 Å². The predicted octanol–water partition coefficient (Wildman–Crippen LogP) is 4.29. The highest BCUT2D eigenvalue weighted by atomic mass is 19.1. The van der Waals surface area contributed by atoms with E-state index in [1.807, 2.05) is 37.3 Å². The van der Waals surface area contributed by atoms with Gasteiger partial charge in [-0.05, 0) is 61.6 Å². The molecule has 2 N–H and O–H groups in total. The third kappa shape index (κ3) is 5.64. The zero-order valence-electron chi connectivity index (χ0n) is 19.4. The van der Waals surface area contributed by atoms with Crippen molar-refractivity contribution >= 4 is 28.9 Å². The van der Waals surface area contributed by atoms with Crippen LogP contribution in [0.25, 0.3) is 0 Å². The van der Waals surface area contributed by atoms with Gasteiger partial charge in [-0.25, -0.2) is 4.39 Å². The number of likely N-dealkylation sites (tertiary alicyclic amines) is 1. The van der Waals surface area contributed by atoms with Crippen LogP contribution in [0.2, 0.25) is 0 Å². The maximum atomic E-state index is 14.7. The van der Waals surface area contributed by atoms with E-state index in [0.717, 1.165) is 48.8 Å². The maximum Gasteiger partial charge on any atom is 0.225 e. The molecular weight excluding hydrogens is 419 g/mol. The second-order valence-electron chi connectivity index (χ2n) is 9.21. The van der Waals surface area contributed by atoms with Crippen molar-refractivity contribution in [2.45, 2.75) is 39.7 Å². The van der Waals surface area contributed by atoms with Crippen molar-refractivity contribution in [2.24, 2.45) is 11.8 Å². The number of nitrogens with one attached hydrogen (secondary N) is 2. The lowest BCUT2D eigenvalue weighted by Gasteiger charge is -2.32. The van der Waals surface area contributed by atoms with Crippen LogP contribution in [0.4, 0.5) is 21.5 Å². The summed E-state index contributed by atoms with van der Waals surface area (Å²) in [5.41, 5.74) is 3.10. The lowest BCUT2D eigenvalue weighted by atomic mass is 9.99. The van der Waals surface area contributed by atoms with Crippen LogP contribution in [0.15, 0.2) is 42.5 Å². The molecule has 2 fully saturated rings. The van der Waals surface area contributed by atoms with E-state index in [0.29, 0.717) is 25.3 Å². The van der Waals surface area contributed by atoms with Crippen LogP contribution in [0, 0.1) is 17.7 Å². The summed E-state index contributed by atoms with van der Waals surface area (Å²) >= 11 is 0. The first kappa shape index (κ1) is 23.1. The summed E-state index contributed by atoms with van der Waals surface area (Å²) in [6.07, 6.45) is 2.57. The largest absolute Gasteiger partial charge is 0.371 e. The lowest BCUT2D eigenvalue weighted by Crippen LogP contribution is -2.32. The molecule has 0 bridgehead atoms. The normalized spacial score (nSPS) is 19.1. The minimum atomic E-state index is -0.280. The number of hydrogen-bond acceptors (Lipinski definition) is 4. The van der Waals surface area contributed by atoms with Gasteiger partial charge in [-0.3, -0.25) is 9.59 Å². The van der Waals surface area contributed by atoms with Crippen molar-refractivity contribution in [3.63, 3.8) is 0 Å². The number of amides is 2. The molecule has 1 atom stereocenters. The minimum absolute atomic E-state index is 0.0406. The first-order valence-electron chi connectivity index (χ1n) is 11.9. The van der Waals surface area contributed by atoms with E-state index < -0.39 is 0 Å². The number of piperidine rings is 1. The number of rotatable bonds is 7. The van der Waals surface area contributed by atoms with E-state index in [9.17, 15) is 14.0 Å². The Morgan fingerprint density at radius 2 is 1.85 bits per heavy atom. The molecule has 2 aliphatic rings. The minimum Gasteiger partial charge on any atom is -0.371 e. The molecule has 2 aromatic carbocycles. The van der Waals surface area contributed by atoms with Crippen LogP contribution in [0.1, 0.15) is 38.7 Å². The number of carbonyl (C=O) groups is 2. The van der Waals surface area contributed by atoms with Gasteiger partial charge in [0.1, 0.15) is 5.82 Å². The second kappa shape index (κ2) is 10.2. The van der Waals surface area contributed by atoms with Gasteiger partial charge in [-0.2, -0.15) is 0 Å². The van der Waals surface area contributed by atoms with Crippen molar-refractivity contribution in [1.29, 1.82) is 0 Å². The van der Waals surface area contributed by atoms with Crippen molar-refractivity contribution in [3.8, 4) is 0 Å². The average Bonchev–Trinajstić information content (AvgIpc) is 3.21. The van der Waals surface area contributed by atoms with Crippen molar-refractivity contribution in [1.82, 2.24) is 10.2 Å². The predicted molar refractivity (Wildman–Crippen MR) is 129 cm³/mol. The molecule has 2 heterocycles. The van der Waals surface area contributed by atoms with Gasteiger partial charge in [0.15, 0.2) is 0 Å². The van der Waals surface area contributed by atoms with Gasteiger partial charge in [0.05, 0.1) is 11.6 Å². The monoisotopic (exact) mass is 452 g/mol. The Morgan fingerprint density at radius 1 is 1.12 bits per heavy atom. The molecule has 7 heteroatoms. The Hall–Kier alpha value is -3.09. The van der Waals surface area contributed by atoms with E-state index in [2.05, 4.69) is 22.5 Å². The summed E-state index contributed by atoms with van der Waals surface area (Å²) in [6, 6.07) is 12.9. The van der Waals surface area contributed by atoms with Gasteiger partial charge in [-0.15, -0.1) is 0 Å². The van der Waals surface area contributed by atoms with Gasteiger partial charge < -0.3 is 20.4 Å². The Balaban J connectivity index is 1.29. The summed E-state index contributed by atoms with van der Waals surface area (Å²) in [6.45, 7) is 7.65. The number of carbonyl (C=O) groups excluding carboxylic acids is 2. The molecule has 6 nitrogen and oxygen atoms in total. The molecule has 2 aliphatic heterocycles. The lowest BCUT2D eigenvalue weighted by molar-refractivity contribution is -0.128. The van der Waals surface area contributed by atoms with Crippen LogP contribution in [0.5, 0.6) is 0 Å². The molecule has 0 aromatic heterocycles. The molecule has 176 valence electrons. The Bertz CT molecular complexity index is 986. The topological polar surface area (TPSA) is 64.7 Å². The van der Waals surface area contributed by atoms with Gasteiger partial charge in [0.25, 0.3) is 0 Å². The number of benzene rings is 2. The molecule has 2 aromatic rings. The average molecular weight is 453 g/mol. The zero-order chi connectivity index (χ0) is 23.4. The fourth-order valence-electron chi connectivity index (χ4n) is 4.52. The van der Waals surface area contributed by atoms with Crippen LogP contribution in [-0.4, -0.2) is 42.9 Å². The molecule has 1 unspecified atom stereocenters. The van der Waals surface area contributed by atoms with Crippen molar-refractivity contribution < 1.29 is 14.0 Å². The van der Waals surface area contributed by atoms with Gasteiger partial charge >= 0.3 is 0 Å². The molecule has 2 amide bonds. The van der Waals surface area contributed by atoms with E-state index >= 15 is 0 Å². The highest BCUT2D eigenvalue weighted by molar-refractivity contribution is 5.89. The first-order valence-corrected chi connectivity index (χ1v) is 11.9. The molecule has 0 saturated carbocycles. The van der Waals surface area contributed by atoms with E-state index in [1.54, 1.807) is 17.0 Å². The third-order valence-corrected chi connectivity index (χ3v) is 6.77. The Labute approximate surface area is 195 Å². The molecule has 2 saturated heterocycles. The van der Waals surface area contributed by atoms with E-state index in [4.69, 9.17) is 0 Å². The smallest absolute Gasteiger partial charge is 0.225 e. The Kier molecular flexibility index (Phi) is 7.16. The maximum absolute atomic E-state index is 14.7. The molecular formula is C26H33FN4O2. The second-order valence-corrected chi connectivity index (χ2v) is 9.21. The summed E-state index contributed by atoms with van der Waals surface area (Å²) in [5, 5.41) is 6.06. The number of hydrogen-bond donors (Lipinski definition) is 2. The number of nitrogens with zero attached hydrogens (tertiary/aromatic N) is 2. The van der Waals surface area contributed by atoms with Crippen molar-refractivity contribution in [3.05, 3.63) is 53.8 Å². The summed E-state index contributed by atoms with van der Waals surface area (Å²) in [4.78, 5) is 28.2. The standard InChI is InChI=1S/C26H33FN4O2/c1-3-30-17-20(14-25(30)32)26(33)28-16-19-4-6-21(7-5-19)29-24-9-8-22(15-23(24)27)31-12-10-18(2)11-13-31/h4-9,15,18,20,29H,3,10-14,16-17H2,1-2H3,(H,28,33). The number of halogens is 1. The van der Waals surface area contributed by atoms with Crippen LogP contribution in [0.3, 0.4) is 0 Å². The summed E-state index contributed by atoms with van der Waals surface area (Å²) in [7, 11) is 0. The highest BCUT2D eigenvalue weighted by Crippen LogP contribution is 2.28. The van der Waals surface area contributed by atoms with Gasteiger partial charge in [-0.1, -0.05) is 19.1 Å². The fraction of sp³-hybridized carbons (Fsp3) is 0.462. The van der Waals surface area contributed by atoms with Crippen LogP contribution >= 0.6 is 0 Å². The van der Waals surface area contributed by atoms with Gasteiger partial charge in [0.2, 0.25) is 11.8 Å².